The van der Waals surface area contributed by atoms with E-state index in [0.717, 1.165) is 0 Å². The van der Waals surface area contributed by atoms with E-state index >= 15 is 0 Å². The van der Waals surface area contributed by atoms with Gasteiger partial charge in [-0.3, -0.25) is 9.59 Å². The lowest BCUT2D eigenvalue weighted by Gasteiger charge is -2.20. The lowest BCUT2D eigenvalue weighted by atomic mass is 9.80. The molecule has 0 spiro atoms. The van der Waals surface area contributed by atoms with Crippen LogP contribution in [0.2, 0.25) is 0 Å². The van der Waals surface area contributed by atoms with Crippen molar-refractivity contribution in [2.45, 2.75) is 0 Å². The Morgan fingerprint density at radius 2 is 1.21 bits per heavy atom. The fourth-order valence-electron chi connectivity index (χ4n) is 3.11. The van der Waals surface area contributed by atoms with E-state index in [1.54, 1.807) is 42.5 Å². The fraction of sp³-hybridized carbons (Fsp3) is 0. The number of carbonyl (C=O) groups excluding carboxylic acids is 2. The number of carbonyl (C=O) groups is 2. The normalized spacial score (nSPS) is 12.7. The Morgan fingerprint density at radius 3 is 1.96 bits per heavy atom. The van der Waals surface area contributed by atoms with Crippen LogP contribution in [0.3, 0.4) is 0 Å². The molecule has 1 aliphatic rings. The summed E-state index contributed by atoms with van der Waals surface area (Å²) in [5, 5.41) is 19.8. The number of hydrogen-bond acceptors (Lipinski definition) is 4. The van der Waals surface area contributed by atoms with Gasteiger partial charge in [-0.25, -0.2) is 0 Å². The molecule has 0 radical (unpaired) electrons. The van der Waals surface area contributed by atoms with Gasteiger partial charge >= 0.3 is 0 Å². The predicted octanol–water partition coefficient (Wildman–Crippen LogP) is 3.54. The highest BCUT2D eigenvalue weighted by Crippen LogP contribution is 2.39. The number of phenolic OH excluding ortho intramolecular Hbond substituents is 2. The Bertz CT molecular complexity index is 1020. The van der Waals surface area contributed by atoms with Crippen LogP contribution in [0.5, 0.6) is 11.5 Å². The lowest BCUT2D eigenvalue weighted by molar-refractivity contribution is 0.0979. The zero-order chi connectivity index (χ0) is 16.8. The quantitative estimate of drug-likeness (QED) is 0.527. The summed E-state index contributed by atoms with van der Waals surface area (Å²) in [6, 6.07) is 15.7. The molecule has 4 heteroatoms. The van der Waals surface area contributed by atoms with Crippen molar-refractivity contribution in [2.75, 3.05) is 0 Å². The molecule has 3 aromatic carbocycles. The number of aromatic hydroxyl groups is 2. The van der Waals surface area contributed by atoms with E-state index < -0.39 is 0 Å². The fourth-order valence-corrected chi connectivity index (χ4v) is 3.11. The van der Waals surface area contributed by atoms with Gasteiger partial charge in [0.05, 0.1) is 0 Å². The third-order valence-electron chi connectivity index (χ3n) is 4.22. The molecule has 116 valence electrons. The monoisotopic (exact) mass is 316 g/mol. The van der Waals surface area contributed by atoms with Gasteiger partial charge in [0.2, 0.25) is 0 Å². The average molecular weight is 316 g/mol. The van der Waals surface area contributed by atoms with Gasteiger partial charge < -0.3 is 10.2 Å². The molecule has 0 bridgehead atoms. The molecule has 0 saturated heterocycles. The summed E-state index contributed by atoms with van der Waals surface area (Å²) in [6.45, 7) is 0. The highest BCUT2D eigenvalue weighted by Gasteiger charge is 2.31. The highest BCUT2D eigenvalue weighted by atomic mass is 16.3. The molecule has 3 aromatic rings. The van der Waals surface area contributed by atoms with Crippen molar-refractivity contribution in [3.05, 3.63) is 82.9 Å². The molecule has 0 unspecified atom stereocenters. The van der Waals surface area contributed by atoms with E-state index in [9.17, 15) is 19.8 Å². The second-order valence-corrected chi connectivity index (χ2v) is 5.63. The molecule has 1 aliphatic carbocycles. The van der Waals surface area contributed by atoms with Crippen LogP contribution in [-0.4, -0.2) is 21.8 Å². The Labute approximate surface area is 137 Å². The molecule has 0 aromatic heterocycles. The van der Waals surface area contributed by atoms with Crippen LogP contribution >= 0.6 is 0 Å². The first-order valence-corrected chi connectivity index (χ1v) is 7.41. The summed E-state index contributed by atoms with van der Waals surface area (Å²) in [5.74, 6) is -0.587. The van der Waals surface area contributed by atoms with E-state index in [2.05, 4.69) is 0 Å². The first kappa shape index (κ1) is 14.2. The maximum absolute atomic E-state index is 12.9. The zero-order valence-electron chi connectivity index (χ0n) is 12.5. The molecule has 0 aliphatic heterocycles. The molecule has 24 heavy (non-hydrogen) atoms. The number of benzene rings is 3. The maximum Gasteiger partial charge on any atom is 0.195 e. The van der Waals surface area contributed by atoms with E-state index in [4.69, 9.17) is 0 Å². The number of rotatable bonds is 1. The topological polar surface area (TPSA) is 74.6 Å². The highest BCUT2D eigenvalue weighted by molar-refractivity contribution is 6.30. The van der Waals surface area contributed by atoms with Crippen LogP contribution in [0.4, 0.5) is 0 Å². The molecule has 2 N–H and O–H groups in total. The van der Waals surface area contributed by atoms with Crippen LogP contribution in [0, 0.1) is 0 Å². The van der Waals surface area contributed by atoms with Gasteiger partial charge in [0.1, 0.15) is 11.5 Å². The van der Waals surface area contributed by atoms with Crippen molar-refractivity contribution < 1.29 is 19.8 Å². The van der Waals surface area contributed by atoms with Crippen molar-refractivity contribution in [3.63, 3.8) is 0 Å². The summed E-state index contributed by atoms with van der Waals surface area (Å²) >= 11 is 0. The van der Waals surface area contributed by atoms with E-state index in [1.807, 2.05) is 0 Å². The van der Waals surface area contributed by atoms with Crippen LogP contribution in [-0.2, 0) is 0 Å². The Balaban J connectivity index is 2.03. The molecular formula is C20H12O4. The second-order valence-electron chi connectivity index (χ2n) is 5.63. The summed E-state index contributed by atoms with van der Waals surface area (Å²) < 4.78 is 0. The van der Waals surface area contributed by atoms with Gasteiger partial charge in [0.25, 0.3) is 0 Å². The van der Waals surface area contributed by atoms with Crippen molar-refractivity contribution in [3.8, 4) is 22.6 Å². The molecule has 0 heterocycles. The number of phenols is 2. The van der Waals surface area contributed by atoms with Gasteiger partial charge in [-0.05, 0) is 23.8 Å². The van der Waals surface area contributed by atoms with Crippen LogP contribution in [0.15, 0.2) is 60.7 Å². The molecule has 0 atom stereocenters. The summed E-state index contributed by atoms with van der Waals surface area (Å²) in [5.41, 5.74) is 2.02. The first-order valence-electron chi connectivity index (χ1n) is 7.41. The van der Waals surface area contributed by atoms with E-state index in [1.165, 1.54) is 18.2 Å². The largest absolute Gasteiger partial charge is 0.508 e. The minimum Gasteiger partial charge on any atom is -0.508 e. The van der Waals surface area contributed by atoms with E-state index in [0.29, 0.717) is 27.8 Å². The molecule has 0 fully saturated rings. The number of ketones is 2. The third-order valence-corrected chi connectivity index (χ3v) is 4.22. The zero-order valence-corrected chi connectivity index (χ0v) is 12.5. The number of fused-ring (bicyclic) bond motifs is 2. The third kappa shape index (κ3) is 1.93. The summed E-state index contributed by atoms with van der Waals surface area (Å²) in [7, 11) is 0. The molecule has 0 amide bonds. The van der Waals surface area contributed by atoms with Crippen molar-refractivity contribution in [1.29, 1.82) is 0 Å². The lowest BCUT2D eigenvalue weighted by Crippen LogP contribution is -2.21. The summed E-state index contributed by atoms with van der Waals surface area (Å²) in [4.78, 5) is 25.7. The predicted molar refractivity (Wildman–Crippen MR) is 88.5 cm³/mol. The van der Waals surface area contributed by atoms with Gasteiger partial charge in [-0.1, -0.05) is 42.5 Å². The standard InChI is InChI=1S/C20H12O4/c21-11-8-9-17(22)16(10-11)12-6-3-7-15-18(12)20(24)14-5-2-1-4-13(14)19(15)23/h1-10,21-22H. The maximum atomic E-state index is 12.9. The average Bonchev–Trinajstić information content (AvgIpc) is 2.61. The Hall–Kier alpha value is -3.40. The minimum atomic E-state index is -0.265. The van der Waals surface area contributed by atoms with Crippen molar-refractivity contribution >= 4 is 11.6 Å². The van der Waals surface area contributed by atoms with Crippen molar-refractivity contribution in [1.82, 2.24) is 0 Å². The summed E-state index contributed by atoms with van der Waals surface area (Å²) in [6.07, 6.45) is 0. The second kappa shape index (κ2) is 5.06. The molecular weight excluding hydrogens is 304 g/mol. The van der Waals surface area contributed by atoms with Crippen LogP contribution in [0.1, 0.15) is 31.8 Å². The van der Waals surface area contributed by atoms with Gasteiger partial charge in [0, 0.05) is 27.8 Å². The minimum absolute atomic E-state index is 0.0320. The Kier molecular flexibility index (Phi) is 3.00. The first-order chi connectivity index (χ1) is 11.6. The van der Waals surface area contributed by atoms with Crippen LogP contribution < -0.4 is 0 Å². The molecule has 4 nitrogen and oxygen atoms in total. The van der Waals surface area contributed by atoms with Crippen molar-refractivity contribution in [2.24, 2.45) is 0 Å². The Morgan fingerprint density at radius 1 is 0.583 bits per heavy atom. The molecule has 0 saturated carbocycles. The van der Waals surface area contributed by atoms with Crippen LogP contribution in [0.25, 0.3) is 11.1 Å². The van der Waals surface area contributed by atoms with Gasteiger partial charge in [0.15, 0.2) is 11.6 Å². The smallest absolute Gasteiger partial charge is 0.195 e. The van der Waals surface area contributed by atoms with Gasteiger partial charge in [-0.15, -0.1) is 0 Å². The molecule has 4 rings (SSSR count). The number of hydrogen-bond donors (Lipinski definition) is 2. The van der Waals surface area contributed by atoms with E-state index in [-0.39, 0.29) is 28.6 Å². The SMILES string of the molecule is O=C1c2ccccc2C(=O)c2c1cccc2-c1cc(O)ccc1O. The van der Waals surface area contributed by atoms with Gasteiger partial charge in [-0.2, -0.15) is 0 Å².